The van der Waals surface area contributed by atoms with Crippen molar-refractivity contribution in [3.63, 3.8) is 0 Å². The summed E-state index contributed by atoms with van der Waals surface area (Å²) < 4.78 is 0. The van der Waals surface area contributed by atoms with Crippen LogP contribution in [0.5, 0.6) is 0 Å². The Kier molecular flexibility index (Phi) is 4.38. The minimum atomic E-state index is 0.0644. The molecule has 4 aromatic rings. The van der Waals surface area contributed by atoms with Crippen LogP contribution in [0, 0.1) is 11.8 Å². The van der Waals surface area contributed by atoms with E-state index in [1.54, 1.807) is 6.20 Å². The largest absolute Gasteiger partial charge is 0.383 e. The standard InChI is InChI=1S/C22H16N4O/c23-21-20-18(13-24-22(20)26-14-25-21)10-9-16-7-4-8-17(11-16)19(27)12-15-5-2-1-3-6-15/h1-8,11,13-14H,12H2,(H3,23,24,25,26). The average molecular weight is 352 g/mol. The molecule has 27 heavy (non-hydrogen) atoms. The molecular weight excluding hydrogens is 336 g/mol. The number of benzene rings is 2. The molecule has 5 nitrogen and oxygen atoms in total. The number of ketones is 1. The molecule has 4 rings (SSSR count). The van der Waals surface area contributed by atoms with Crippen molar-refractivity contribution in [3.05, 3.63) is 89.4 Å². The summed E-state index contributed by atoms with van der Waals surface area (Å²) in [5, 5.41) is 0.710. The summed E-state index contributed by atoms with van der Waals surface area (Å²) in [6.07, 6.45) is 3.54. The third-order valence-corrected chi connectivity index (χ3v) is 4.23. The van der Waals surface area contributed by atoms with Crippen molar-refractivity contribution in [2.45, 2.75) is 6.42 Å². The molecule has 0 saturated heterocycles. The summed E-state index contributed by atoms with van der Waals surface area (Å²) in [4.78, 5) is 23.7. The van der Waals surface area contributed by atoms with Crippen molar-refractivity contribution in [1.29, 1.82) is 0 Å². The first-order valence-corrected chi connectivity index (χ1v) is 8.47. The predicted octanol–water partition coefficient (Wildman–Crippen LogP) is 3.37. The first kappa shape index (κ1) is 16.6. The van der Waals surface area contributed by atoms with E-state index in [0.717, 1.165) is 16.7 Å². The van der Waals surface area contributed by atoms with E-state index in [1.807, 2.05) is 54.6 Å². The number of fused-ring (bicyclic) bond motifs is 1. The van der Waals surface area contributed by atoms with Crippen LogP contribution in [0.2, 0.25) is 0 Å². The third-order valence-electron chi connectivity index (χ3n) is 4.23. The highest BCUT2D eigenvalue weighted by molar-refractivity contribution is 5.98. The van der Waals surface area contributed by atoms with Crippen LogP contribution in [-0.4, -0.2) is 20.7 Å². The minimum absolute atomic E-state index is 0.0644. The molecule has 0 fully saturated rings. The third kappa shape index (κ3) is 3.55. The van der Waals surface area contributed by atoms with Gasteiger partial charge in [-0.1, -0.05) is 54.3 Å². The van der Waals surface area contributed by atoms with E-state index in [2.05, 4.69) is 26.8 Å². The normalized spacial score (nSPS) is 10.4. The molecule has 130 valence electrons. The van der Waals surface area contributed by atoms with E-state index in [1.165, 1.54) is 6.33 Å². The highest BCUT2D eigenvalue weighted by atomic mass is 16.1. The molecule has 0 aliphatic rings. The van der Waals surface area contributed by atoms with Gasteiger partial charge in [-0.25, -0.2) is 9.97 Å². The lowest BCUT2D eigenvalue weighted by Gasteiger charge is -2.02. The number of hydrogen-bond donors (Lipinski definition) is 2. The van der Waals surface area contributed by atoms with Crippen LogP contribution in [0.1, 0.15) is 27.0 Å². The topological polar surface area (TPSA) is 84.7 Å². The van der Waals surface area contributed by atoms with Crippen molar-refractivity contribution < 1.29 is 4.79 Å². The number of nitrogens with one attached hydrogen (secondary N) is 1. The quantitative estimate of drug-likeness (QED) is 0.437. The number of carbonyl (C=O) groups is 1. The van der Waals surface area contributed by atoms with Crippen LogP contribution in [0.25, 0.3) is 11.0 Å². The predicted molar refractivity (Wildman–Crippen MR) is 105 cm³/mol. The molecular formula is C22H16N4O. The van der Waals surface area contributed by atoms with E-state index in [0.29, 0.717) is 28.8 Å². The Balaban J connectivity index is 1.60. The minimum Gasteiger partial charge on any atom is -0.383 e. The maximum atomic E-state index is 12.5. The number of aromatic amines is 1. The van der Waals surface area contributed by atoms with Crippen LogP contribution in [0.4, 0.5) is 5.82 Å². The van der Waals surface area contributed by atoms with Gasteiger partial charge in [0.1, 0.15) is 17.8 Å². The van der Waals surface area contributed by atoms with E-state index < -0.39 is 0 Å². The second kappa shape index (κ2) is 7.14. The molecule has 0 aliphatic heterocycles. The lowest BCUT2D eigenvalue weighted by Crippen LogP contribution is -2.03. The van der Waals surface area contributed by atoms with Gasteiger partial charge in [-0.05, 0) is 17.7 Å². The summed E-state index contributed by atoms with van der Waals surface area (Å²) in [5.74, 6) is 6.63. The highest BCUT2D eigenvalue weighted by Crippen LogP contribution is 2.20. The Labute approximate surface area is 156 Å². The monoisotopic (exact) mass is 352 g/mol. The van der Waals surface area contributed by atoms with E-state index in [4.69, 9.17) is 5.73 Å². The number of nitrogens with zero attached hydrogens (tertiary/aromatic N) is 2. The number of carbonyl (C=O) groups excluding carboxylic acids is 1. The number of hydrogen-bond acceptors (Lipinski definition) is 4. The number of nitrogens with two attached hydrogens (primary N) is 1. The fourth-order valence-corrected chi connectivity index (χ4v) is 2.88. The van der Waals surface area contributed by atoms with Gasteiger partial charge in [0.25, 0.3) is 0 Å². The fraction of sp³-hybridized carbons (Fsp3) is 0.0455. The van der Waals surface area contributed by atoms with Crippen molar-refractivity contribution in [1.82, 2.24) is 15.0 Å². The van der Waals surface area contributed by atoms with Gasteiger partial charge < -0.3 is 10.7 Å². The maximum Gasteiger partial charge on any atom is 0.167 e. The molecule has 0 spiro atoms. The number of aromatic nitrogens is 3. The van der Waals surface area contributed by atoms with Gasteiger partial charge in [0, 0.05) is 23.7 Å². The van der Waals surface area contributed by atoms with Crippen LogP contribution in [0.3, 0.4) is 0 Å². The SMILES string of the molecule is Nc1ncnc2[nH]cc(C#Cc3cccc(C(=O)Cc4ccccc4)c3)c12. The second-order valence-electron chi connectivity index (χ2n) is 6.10. The molecule has 3 N–H and O–H groups in total. The van der Waals surface area contributed by atoms with Gasteiger partial charge in [-0.15, -0.1) is 0 Å². The number of rotatable bonds is 3. The molecule has 0 atom stereocenters. The Hall–Kier alpha value is -3.91. The summed E-state index contributed by atoms with van der Waals surface area (Å²) >= 11 is 0. The van der Waals surface area contributed by atoms with Crippen molar-refractivity contribution in [2.75, 3.05) is 5.73 Å². The van der Waals surface area contributed by atoms with E-state index in [-0.39, 0.29) is 5.78 Å². The van der Waals surface area contributed by atoms with E-state index in [9.17, 15) is 4.79 Å². The second-order valence-corrected chi connectivity index (χ2v) is 6.10. The summed E-state index contributed by atoms with van der Waals surface area (Å²) in [7, 11) is 0. The zero-order chi connectivity index (χ0) is 18.6. The summed E-state index contributed by atoms with van der Waals surface area (Å²) in [5.41, 5.74) is 9.70. The lowest BCUT2D eigenvalue weighted by atomic mass is 10.0. The number of Topliss-reactive ketones (excluding diaryl/α,β-unsaturated/α-hetero) is 1. The molecule has 0 amide bonds. The summed E-state index contributed by atoms with van der Waals surface area (Å²) in [6.45, 7) is 0. The van der Waals surface area contributed by atoms with Gasteiger partial charge in [0.2, 0.25) is 0 Å². The van der Waals surface area contributed by atoms with Crippen molar-refractivity contribution in [3.8, 4) is 11.8 Å². The Morgan fingerprint density at radius 2 is 1.89 bits per heavy atom. The highest BCUT2D eigenvalue weighted by Gasteiger charge is 2.08. The number of H-pyrrole nitrogens is 1. The van der Waals surface area contributed by atoms with Crippen LogP contribution in [-0.2, 0) is 6.42 Å². The van der Waals surface area contributed by atoms with E-state index >= 15 is 0 Å². The smallest absolute Gasteiger partial charge is 0.167 e. The molecule has 2 aromatic carbocycles. The molecule has 0 unspecified atom stereocenters. The van der Waals surface area contributed by atoms with Crippen LogP contribution < -0.4 is 5.73 Å². The van der Waals surface area contributed by atoms with Crippen LogP contribution >= 0.6 is 0 Å². The molecule has 0 aliphatic carbocycles. The van der Waals surface area contributed by atoms with Gasteiger partial charge in [0.05, 0.1) is 10.9 Å². The van der Waals surface area contributed by atoms with Gasteiger partial charge >= 0.3 is 0 Å². The molecule has 2 aromatic heterocycles. The van der Waals surface area contributed by atoms with Gasteiger partial charge in [-0.2, -0.15) is 0 Å². The average Bonchev–Trinajstić information content (AvgIpc) is 3.12. The molecule has 5 heteroatoms. The first-order valence-electron chi connectivity index (χ1n) is 8.47. The number of anilines is 1. The molecule has 0 bridgehead atoms. The van der Waals surface area contributed by atoms with Gasteiger partial charge in [0.15, 0.2) is 5.78 Å². The zero-order valence-corrected chi connectivity index (χ0v) is 14.4. The Morgan fingerprint density at radius 1 is 1.04 bits per heavy atom. The zero-order valence-electron chi connectivity index (χ0n) is 14.4. The van der Waals surface area contributed by atoms with Crippen molar-refractivity contribution >= 4 is 22.6 Å². The van der Waals surface area contributed by atoms with Gasteiger partial charge in [-0.3, -0.25) is 4.79 Å². The Bertz CT molecular complexity index is 1180. The van der Waals surface area contributed by atoms with Crippen molar-refractivity contribution in [2.24, 2.45) is 0 Å². The fourth-order valence-electron chi connectivity index (χ4n) is 2.88. The maximum absolute atomic E-state index is 12.5. The molecule has 0 radical (unpaired) electrons. The molecule has 2 heterocycles. The Morgan fingerprint density at radius 3 is 2.74 bits per heavy atom. The van der Waals surface area contributed by atoms with Crippen LogP contribution in [0.15, 0.2) is 67.1 Å². The number of nitrogen functional groups attached to an aromatic ring is 1. The first-order chi connectivity index (χ1) is 13.2. The lowest BCUT2D eigenvalue weighted by molar-refractivity contribution is 0.0993. The summed E-state index contributed by atoms with van der Waals surface area (Å²) in [6, 6.07) is 17.0. The molecule has 0 saturated carbocycles.